The molecule has 0 saturated carbocycles. The van der Waals surface area contributed by atoms with Gasteiger partial charge in [-0.05, 0) is 11.1 Å². The fraction of sp³-hybridized carbons (Fsp3) is 0.387. The molecule has 0 aliphatic carbocycles. The van der Waals surface area contributed by atoms with Gasteiger partial charge in [0.25, 0.3) is 5.91 Å². The highest BCUT2D eigenvalue weighted by Gasteiger charge is 2.50. The molecule has 6 rings (SSSR count). The van der Waals surface area contributed by atoms with E-state index in [9.17, 15) is 27.9 Å². The Kier molecular flexibility index (Phi) is 10.3. The summed E-state index contributed by atoms with van der Waals surface area (Å²) in [6.45, 7) is 4.25. The monoisotopic (exact) mass is 614 g/mol. The largest absolute Gasteiger partial charge is 0.542 e. The highest BCUT2D eigenvalue weighted by Crippen LogP contribution is 2.38. The van der Waals surface area contributed by atoms with Gasteiger partial charge in [0, 0.05) is 44.1 Å². The number of ether oxygens (including phenoxy) is 1. The van der Waals surface area contributed by atoms with Crippen LogP contribution in [0.15, 0.2) is 79.3 Å². The second-order valence-electron chi connectivity index (χ2n) is 10.9. The number of hydrogen-bond donors (Lipinski definition) is 2. The van der Waals surface area contributed by atoms with Gasteiger partial charge in [-0.2, -0.15) is 13.2 Å². The van der Waals surface area contributed by atoms with E-state index in [-0.39, 0.29) is 12.0 Å². The molecular formula is C31H33F3N4O6. The van der Waals surface area contributed by atoms with Crippen LogP contribution in [0.4, 0.5) is 13.2 Å². The molecule has 3 aliphatic heterocycles. The van der Waals surface area contributed by atoms with E-state index in [4.69, 9.17) is 14.6 Å². The van der Waals surface area contributed by atoms with E-state index in [1.807, 2.05) is 36.4 Å². The van der Waals surface area contributed by atoms with E-state index in [1.54, 1.807) is 24.3 Å². The SMILES string of the molecule is O=C(NCCC[N+]12CCC(CC1)[C@@H](OC(=O)C(O)(c1ccccc1)c1ccccc1)C2)c1cnccn1.O=C([O-])C(F)(F)F. The van der Waals surface area contributed by atoms with E-state index >= 15 is 0 Å². The van der Waals surface area contributed by atoms with Crippen LogP contribution >= 0.6 is 0 Å². The highest BCUT2D eigenvalue weighted by molar-refractivity contribution is 5.91. The molecule has 44 heavy (non-hydrogen) atoms. The Morgan fingerprint density at radius 1 is 0.977 bits per heavy atom. The molecule has 234 valence electrons. The van der Waals surface area contributed by atoms with Crippen LogP contribution in [0.3, 0.4) is 0 Å². The van der Waals surface area contributed by atoms with Gasteiger partial charge in [-0.25, -0.2) is 9.78 Å². The van der Waals surface area contributed by atoms with E-state index in [1.165, 1.54) is 18.6 Å². The zero-order valence-corrected chi connectivity index (χ0v) is 23.8. The molecule has 0 radical (unpaired) electrons. The molecule has 0 spiro atoms. The molecule has 3 aliphatic rings. The molecule has 2 aromatic carbocycles. The van der Waals surface area contributed by atoms with E-state index in [2.05, 4.69) is 15.3 Å². The number of carbonyl (C=O) groups excluding carboxylic acids is 3. The third-order valence-corrected chi connectivity index (χ3v) is 8.10. The van der Waals surface area contributed by atoms with Crippen molar-refractivity contribution in [1.82, 2.24) is 15.3 Å². The first kappa shape index (κ1) is 32.6. The van der Waals surface area contributed by atoms with Crippen molar-refractivity contribution in [3.8, 4) is 0 Å². The van der Waals surface area contributed by atoms with Gasteiger partial charge in [0.2, 0.25) is 5.60 Å². The summed E-state index contributed by atoms with van der Waals surface area (Å²) in [5, 5.41) is 23.5. The van der Waals surface area contributed by atoms with Crippen LogP contribution in [-0.2, 0) is 19.9 Å². The maximum absolute atomic E-state index is 13.6. The van der Waals surface area contributed by atoms with Gasteiger partial charge in [0.15, 0.2) is 6.10 Å². The molecular weight excluding hydrogens is 581 g/mol. The van der Waals surface area contributed by atoms with Crippen LogP contribution < -0.4 is 10.4 Å². The summed E-state index contributed by atoms with van der Waals surface area (Å²) in [5.74, 6) is -3.56. The zero-order valence-electron chi connectivity index (χ0n) is 23.8. The number of halogens is 3. The fourth-order valence-electron chi connectivity index (χ4n) is 5.78. The Hall–Kier alpha value is -4.36. The summed E-state index contributed by atoms with van der Waals surface area (Å²) in [5.41, 5.74) is -0.570. The maximum atomic E-state index is 13.6. The first-order valence-electron chi connectivity index (χ1n) is 14.2. The van der Waals surface area contributed by atoms with E-state index in [0.717, 1.165) is 49.9 Å². The number of benzene rings is 2. The van der Waals surface area contributed by atoms with E-state index in [0.29, 0.717) is 29.3 Å². The number of rotatable bonds is 9. The van der Waals surface area contributed by atoms with Crippen LogP contribution in [0.25, 0.3) is 0 Å². The average molecular weight is 615 g/mol. The third kappa shape index (κ3) is 7.77. The van der Waals surface area contributed by atoms with Gasteiger partial charge in [-0.1, -0.05) is 60.7 Å². The first-order chi connectivity index (χ1) is 20.9. The number of carbonyl (C=O) groups is 3. The quantitative estimate of drug-likeness (QED) is 0.212. The molecule has 1 aromatic heterocycles. The molecule has 2 N–H and O–H groups in total. The molecule has 3 aromatic rings. The summed E-state index contributed by atoms with van der Waals surface area (Å²) >= 11 is 0. The van der Waals surface area contributed by atoms with Crippen molar-refractivity contribution in [3.63, 3.8) is 0 Å². The summed E-state index contributed by atoms with van der Waals surface area (Å²) < 4.78 is 38.6. The standard InChI is InChI=1S/C29H32N4O4.C2HF3O2/c34-27(25-20-30-15-16-31-25)32-14-7-17-33-18-12-22(13-19-33)26(21-33)37-28(35)29(36,23-8-3-1-4-9-23)24-10-5-2-6-11-24;3-2(4,5)1(6)7/h1-6,8-11,15-16,20,22,26,36H,7,12-14,17-19,21H2;(H,6,7)/t22?,26-,33?;/m0./s1. The van der Waals surface area contributed by atoms with Gasteiger partial charge in [0.1, 0.15) is 18.2 Å². The Balaban J connectivity index is 0.000000566. The summed E-state index contributed by atoms with van der Waals surface area (Å²) in [6.07, 6.45) is 1.84. The predicted molar refractivity (Wildman–Crippen MR) is 148 cm³/mol. The smallest absolute Gasteiger partial charge is 0.430 e. The second kappa shape index (κ2) is 14.0. The van der Waals surface area contributed by atoms with Gasteiger partial charge in [0.05, 0.1) is 25.8 Å². The van der Waals surface area contributed by atoms with Crippen LogP contribution in [0, 0.1) is 5.92 Å². The third-order valence-electron chi connectivity index (χ3n) is 8.10. The molecule has 2 bridgehead atoms. The molecule has 13 heteroatoms. The number of aliphatic carboxylic acids is 1. The Morgan fingerprint density at radius 3 is 2.05 bits per heavy atom. The number of hydrogen-bond acceptors (Lipinski definition) is 8. The average Bonchev–Trinajstić information content (AvgIpc) is 3.04. The van der Waals surface area contributed by atoms with Crippen molar-refractivity contribution in [2.24, 2.45) is 5.92 Å². The topological polar surface area (TPSA) is 142 Å². The minimum atomic E-state index is -5.19. The normalized spacial score (nSPS) is 21.0. The Morgan fingerprint density at radius 2 is 1.55 bits per heavy atom. The van der Waals surface area contributed by atoms with Gasteiger partial charge < -0.3 is 29.5 Å². The molecule has 3 saturated heterocycles. The molecule has 4 heterocycles. The maximum Gasteiger partial charge on any atom is 0.430 e. The second-order valence-corrected chi connectivity index (χ2v) is 10.9. The molecule has 1 amide bonds. The van der Waals surface area contributed by atoms with Crippen LogP contribution in [0.1, 0.15) is 40.9 Å². The Bertz CT molecular complexity index is 1360. The lowest BCUT2D eigenvalue weighted by Gasteiger charge is -2.52. The number of amides is 1. The predicted octanol–water partition coefficient (Wildman–Crippen LogP) is 1.98. The summed E-state index contributed by atoms with van der Waals surface area (Å²) in [4.78, 5) is 42.7. The highest BCUT2D eigenvalue weighted by atomic mass is 19.4. The van der Waals surface area contributed by atoms with Gasteiger partial charge >= 0.3 is 12.1 Å². The van der Waals surface area contributed by atoms with Crippen molar-refractivity contribution in [2.75, 3.05) is 32.7 Å². The summed E-state index contributed by atoms with van der Waals surface area (Å²) in [7, 11) is 0. The van der Waals surface area contributed by atoms with E-state index < -0.39 is 23.7 Å². The van der Waals surface area contributed by atoms with Crippen molar-refractivity contribution in [2.45, 2.75) is 37.1 Å². The van der Waals surface area contributed by atoms with Crippen LogP contribution in [0.5, 0.6) is 0 Å². The van der Waals surface area contributed by atoms with Gasteiger partial charge in [-0.3, -0.25) is 9.78 Å². The number of esters is 1. The van der Waals surface area contributed by atoms with Crippen molar-refractivity contribution in [1.29, 1.82) is 0 Å². The first-order valence-corrected chi connectivity index (χ1v) is 14.2. The number of nitrogens with one attached hydrogen (secondary N) is 1. The Labute approximate surface area is 252 Å². The van der Waals surface area contributed by atoms with Crippen molar-refractivity contribution < 1.29 is 47.0 Å². The number of nitrogens with zero attached hydrogens (tertiary/aromatic N) is 3. The van der Waals surface area contributed by atoms with Crippen molar-refractivity contribution in [3.05, 3.63) is 96.1 Å². The molecule has 0 unspecified atom stereocenters. The molecule has 10 nitrogen and oxygen atoms in total. The lowest BCUT2D eigenvalue weighted by molar-refractivity contribution is -0.946. The number of piperidine rings is 3. The number of aliphatic hydroxyl groups is 1. The summed E-state index contributed by atoms with van der Waals surface area (Å²) in [6, 6.07) is 18.0. The fourth-order valence-corrected chi connectivity index (χ4v) is 5.78. The molecule has 1 atom stereocenters. The minimum Gasteiger partial charge on any atom is -0.542 e. The van der Waals surface area contributed by atoms with Crippen molar-refractivity contribution >= 4 is 17.8 Å². The number of aromatic nitrogens is 2. The number of carboxylic acids is 1. The van der Waals surface area contributed by atoms with Crippen LogP contribution in [0.2, 0.25) is 0 Å². The minimum absolute atomic E-state index is 0.224. The number of alkyl halides is 3. The van der Waals surface area contributed by atoms with Crippen LogP contribution in [-0.4, -0.2) is 82.4 Å². The lowest BCUT2D eigenvalue weighted by Crippen LogP contribution is -2.65. The molecule has 3 fully saturated rings. The number of carboxylic acid groups (broad SMARTS) is 1. The zero-order chi connectivity index (χ0) is 31.8. The van der Waals surface area contributed by atoms with Gasteiger partial charge in [-0.15, -0.1) is 0 Å². The number of quaternary nitrogens is 1. The lowest BCUT2D eigenvalue weighted by atomic mass is 9.82. The number of fused-ring (bicyclic) bond motifs is 3.